The van der Waals surface area contributed by atoms with E-state index in [1.807, 2.05) is 19.9 Å². The van der Waals surface area contributed by atoms with Crippen LogP contribution >= 0.6 is 0 Å². The van der Waals surface area contributed by atoms with Crippen LogP contribution in [0, 0.1) is 13.8 Å². The smallest absolute Gasteiger partial charge is 0.240 e. The Bertz CT molecular complexity index is 445. The second kappa shape index (κ2) is 2.67. The van der Waals surface area contributed by atoms with Crippen molar-refractivity contribution in [3.63, 3.8) is 0 Å². The van der Waals surface area contributed by atoms with Gasteiger partial charge in [-0.1, -0.05) is 0 Å². The summed E-state index contributed by atoms with van der Waals surface area (Å²) in [6.45, 7) is 3.70. The van der Waals surface area contributed by atoms with Crippen molar-refractivity contribution in [1.29, 1.82) is 0 Å². The summed E-state index contributed by atoms with van der Waals surface area (Å²) in [5.41, 5.74) is 4.08. The highest BCUT2D eigenvalue weighted by Crippen LogP contribution is 2.08. The van der Waals surface area contributed by atoms with Gasteiger partial charge < -0.3 is 0 Å². The molecule has 0 aliphatic carbocycles. The molecular formula is C7H10N6. The molecule has 6 heteroatoms. The lowest BCUT2D eigenvalue weighted by molar-refractivity contribution is 0.890. The summed E-state index contributed by atoms with van der Waals surface area (Å²) in [5.74, 6) is 6.49. The lowest BCUT2D eigenvalue weighted by Crippen LogP contribution is -2.14. The molecule has 0 unspecified atom stereocenters. The molecule has 0 aromatic carbocycles. The number of hydrazine groups is 1. The first-order valence-corrected chi connectivity index (χ1v) is 3.88. The van der Waals surface area contributed by atoms with Gasteiger partial charge in [0.05, 0.1) is 0 Å². The maximum atomic E-state index is 5.29. The van der Waals surface area contributed by atoms with Crippen LogP contribution in [0.15, 0.2) is 6.07 Å². The molecule has 0 spiro atoms. The summed E-state index contributed by atoms with van der Waals surface area (Å²) < 4.78 is 1.57. The minimum absolute atomic E-state index is 0.496. The molecule has 0 aliphatic rings. The van der Waals surface area contributed by atoms with Gasteiger partial charge in [-0.2, -0.15) is 4.52 Å². The third-order valence-electron chi connectivity index (χ3n) is 1.69. The maximum absolute atomic E-state index is 5.29. The fourth-order valence-corrected chi connectivity index (χ4v) is 1.21. The van der Waals surface area contributed by atoms with Gasteiger partial charge in [0.1, 0.15) is 5.82 Å². The van der Waals surface area contributed by atoms with Crippen molar-refractivity contribution in [3.8, 4) is 0 Å². The minimum Gasteiger partial charge on any atom is -0.292 e. The molecule has 0 atom stereocenters. The van der Waals surface area contributed by atoms with E-state index < -0.39 is 0 Å². The number of nitrogens with zero attached hydrogens (tertiary/aromatic N) is 4. The average molecular weight is 178 g/mol. The van der Waals surface area contributed by atoms with Gasteiger partial charge in [-0.05, 0) is 13.8 Å². The van der Waals surface area contributed by atoms with E-state index in [0.29, 0.717) is 11.8 Å². The lowest BCUT2D eigenvalue weighted by atomic mass is 10.4. The number of aromatic nitrogens is 4. The second-order valence-corrected chi connectivity index (χ2v) is 2.79. The van der Waals surface area contributed by atoms with Crippen LogP contribution in [-0.4, -0.2) is 19.6 Å². The number of hydrogen-bond acceptors (Lipinski definition) is 5. The first kappa shape index (κ1) is 7.93. The highest BCUT2D eigenvalue weighted by atomic mass is 15.4. The summed E-state index contributed by atoms with van der Waals surface area (Å²) in [6, 6.07) is 1.85. The van der Waals surface area contributed by atoms with Gasteiger partial charge in [0.25, 0.3) is 0 Å². The molecular weight excluding hydrogens is 168 g/mol. The van der Waals surface area contributed by atoms with Crippen LogP contribution in [0.4, 0.5) is 5.95 Å². The second-order valence-electron chi connectivity index (χ2n) is 2.79. The quantitative estimate of drug-likeness (QED) is 0.475. The molecule has 0 bridgehead atoms. The third-order valence-corrected chi connectivity index (χ3v) is 1.69. The highest BCUT2D eigenvalue weighted by molar-refractivity contribution is 5.45. The van der Waals surface area contributed by atoms with Crippen LogP contribution in [0.1, 0.15) is 11.5 Å². The van der Waals surface area contributed by atoms with E-state index in [4.69, 9.17) is 5.84 Å². The van der Waals surface area contributed by atoms with Crippen molar-refractivity contribution in [2.75, 3.05) is 5.43 Å². The summed E-state index contributed by atoms with van der Waals surface area (Å²) in [5, 5.41) is 4.13. The third kappa shape index (κ3) is 1.20. The molecule has 3 N–H and O–H groups in total. The number of nitrogens with one attached hydrogen (secondary N) is 1. The van der Waals surface area contributed by atoms with Crippen LogP contribution in [0.5, 0.6) is 0 Å². The molecule has 13 heavy (non-hydrogen) atoms. The summed E-state index contributed by atoms with van der Waals surface area (Å²) in [4.78, 5) is 8.36. The number of nitrogen functional groups attached to an aromatic ring is 1. The normalized spacial score (nSPS) is 10.7. The molecule has 68 valence electrons. The van der Waals surface area contributed by atoms with E-state index in [1.54, 1.807) is 4.52 Å². The summed E-state index contributed by atoms with van der Waals surface area (Å²) in [6.07, 6.45) is 0. The summed E-state index contributed by atoms with van der Waals surface area (Å²) >= 11 is 0. The monoisotopic (exact) mass is 178 g/mol. The van der Waals surface area contributed by atoms with Crippen LogP contribution in [-0.2, 0) is 0 Å². The van der Waals surface area contributed by atoms with Crippen LogP contribution in [0.2, 0.25) is 0 Å². The number of hydrogen-bond donors (Lipinski definition) is 2. The largest absolute Gasteiger partial charge is 0.292 e. The Morgan fingerprint density at radius 2 is 2.15 bits per heavy atom. The first-order chi connectivity index (χ1) is 6.20. The Kier molecular flexibility index (Phi) is 1.63. The summed E-state index contributed by atoms with van der Waals surface area (Å²) in [7, 11) is 0. The number of nitrogens with two attached hydrogens (primary N) is 1. The molecule has 2 aromatic rings. The molecule has 2 aromatic heterocycles. The maximum Gasteiger partial charge on any atom is 0.240 e. The lowest BCUT2D eigenvalue weighted by Gasteiger charge is -2.01. The first-order valence-electron chi connectivity index (χ1n) is 3.88. The Balaban J connectivity index is 2.80. The van der Waals surface area contributed by atoms with E-state index in [9.17, 15) is 0 Å². The van der Waals surface area contributed by atoms with Gasteiger partial charge in [0, 0.05) is 11.8 Å². The molecule has 2 rings (SSSR count). The van der Waals surface area contributed by atoms with Crippen LogP contribution < -0.4 is 11.3 Å². The van der Waals surface area contributed by atoms with Crippen molar-refractivity contribution in [2.24, 2.45) is 5.84 Å². The Hall–Kier alpha value is -1.69. The molecule has 0 saturated carbocycles. The van der Waals surface area contributed by atoms with Gasteiger partial charge in [-0.25, -0.2) is 15.8 Å². The molecule has 0 radical (unpaired) electrons. The van der Waals surface area contributed by atoms with E-state index in [1.165, 1.54) is 0 Å². The predicted molar refractivity (Wildman–Crippen MR) is 48.1 cm³/mol. The van der Waals surface area contributed by atoms with Crippen LogP contribution in [0.25, 0.3) is 5.65 Å². The number of anilines is 1. The minimum atomic E-state index is 0.496. The van der Waals surface area contributed by atoms with Crippen molar-refractivity contribution in [1.82, 2.24) is 19.6 Å². The zero-order valence-corrected chi connectivity index (χ0v) is 7.44. The fraction of sp³-hybridized carbons (Fsp3) is 0.286. The zero-order valence-electron chi connectivity index (χ0n) is 7.44. The Labute approximate surface area is 74.8 Å². The number of rotatable bonds is 1. The predicted octanol–water partition coefficient (Wildman–Crippen LogP) is 0.0267. The van der Waals surface area contributed by atoms with Gasteiger partial charge >= 0.3 is 0 Å². The van der Waals surface area contributed by atoms with Crippen LogP contribution in [0.3, 0.4) is 0 Å². The van der Waals surface area contributed by atoms with Gasteiger partial charge in [-0.15, -0.1) is 5.10 Å². The topological polar surface area (TPSA) is 81.1 Å². The molecule has 0 amide bonds. The Morgan fingerprint density at radius 3 is 2.85 bits per heavy atom. The van der Waals surface area contributed by atoms with E-state index in [-0.39, 0.29) is 0 Å². The standard InChI is InChI=1S/C7H10N6/c1-4-3-6-10-5(2)12-13(6)7(9-4)11-8/h3H,8H2,1-2H3,(H,9,11). The van der Waals surface area contributed by atoms with Crippen molar-refractivity contribution >= 4 is 11.6 Å². The van der Waals surface area contributed by atoms with Crippen molar-refractivity contribution in [3.05, 3.63) is 17.6 Å². The number of aryl methyl sites for hydroxylation is 2. The zero-order chi connectivity index (χ0) is 9.42. The number of fused-ring (bicyclic) bond motifs is 1. The Morgan fingerprint density at radius 1 is 1.38 bits per heavy atom. The van der Waals surface area contributed by atoms with E-state index >= 15 is 0 Å². The van der Waals surface area contributed by atoms with Gasteiger partial charge in [0.2, 0.25) is 5.95 Å². The van der Waals surface area contributed by atoms with Crippen molar-refractivity contribution < 1.29 is 0 Å². The van der Waals surface area contributed by atoms with E-state index in [2.05, 4.69) is 20.5 Å². The SMILES string of the molecule is Cc1cc2nc(C)nn2c(NN)n1. The van der Waals surface area contributed by atoms with Crippen molar-refractivity contribution in [2.45, 2.75) is 13.8 Å². The molecule has 0 fully saturated rings. The van der Waals surface area contributed by atoms with E-state index in [0.717, 1.165) is 11.3 Å². The van der Waals surface area contributed by atoms with Gasteiger partial charge in [-0.3, -0.25) is 5.43 Å². The highest BCUT2D eigenvalue weighted by Gasteiger charge is 2.05. The fourth-order valence-electron chi connectivity index (χ4n) is 1.21. The molecule has 2 heterocycles. The molecule has 0 aliphatic heterocycles. The molecule has 6 nitrogen and oxygen atoms in total. The average Bonchev–Trinajstić information content (AvgIpc) is 2.43. The van der Waals surface area contributed by atoms with Gasteiger partial charge in [0.15, 0.2) is 5.65 Å². The molecule has 0 saturated heterocycles.